The van der Waals surface area contributed by atoms with Crippen LogP contribution in [0, 0.1) is 5.92 Å². The number of ether oxygens (including phenoxy) is 1. The second kappa shape index (κ2) is 4.24. The maximum Gasteiger partial charge on any atom is 0.177 e. The lowest BCUT2D eigenvalue weighted by Crippen LogP contribution is -2.23. The van der Waals surface area contributed by atoms with Gasteiger partial charge in [-0.2, -0.15) is 4.80 Å². The molecule has 0 saturated carbocycles. The molecule has 1 fully saturated rings. The monoisotopic (exact) mass is 212 g/mol. The Balaban J connectivity index is 1.89. The van der Waals surface area contributed by atoms with Crippen molar-refractivity contribution in [1.29, 1.82) is 0 Å². The highest BCUT2D eigenvalue weighted by atomic mass is 16.5. The van der Waals surface area contributed by atoms with Crippen LogP contribution in [0.2, 0.25) is 0 Å². The van der Waals surface area contributed by atoms with Crippen LogP contribution in [-0.4, -0.2) is 44.1 Å². The Hall–Kier alpha value is -1.01. The Morgan fingerprint density at radius 3 is 3.00 bits per heavy atom. The quantitative estimate of drug-likeness (QED) is 0.734. The summed E-state index contributed by atoms with van der Waals surface area (Å²) >= 11 is 0. The summed E-state index contributed by atoms with van der Waals surface area (Å²) in [6, 6.07) is 0. The molecule has 1 aliphatic heterocycles. The molecule has 84 valence electrons. The largest absolute Gasteiger partial charge is 0.392 e. The summed E-state index contributed by atoms with van der Waals surface area (Å²) in [5.41, 5.74) is 0. The average molecular weight is 212 g/mol. The number of aliphatic hydroxyl groups is 1. The highest BCUT2D eigenvalue weighted by Gasteiger charge is 2.29. The second-order valence-electron chi connectivity index (χ2n) is 4.11. The van der Waals surface area contributed by atoms with Crippen LogP contribution in [0.5, 0.6) is 0 Å². The van der Waals surface area contributed by atoms with Gasteiger partial charge in [-0.1, -0.05) is 0 Å². The Labute approximate surface area is 88.2 Å². The Kier molecular flexibility index (Phi) is 2.97. The van der Waals surface area contributed by atoms with Gasteiger partial charge >= 0.3 is 0 Å². The minimum Gasteiger partial charge on any atom is -0.392 e. The van der Waals surface area contributed by atoms with Crippen molar-refractivity contribution < 1.29 is 9.84 Å². The van der Waals surface area contributed by atoms with E-state index in [0.29, 0.717) is 18.9 Å². The molecule has 1 N–H and O–H groups in total. The van der Waals surface area contributed by atoms with E-state index in [0.717, 1.165) is 6.42 Å². The minimum atomic E-state index is -0.431. The fraction of sp³-hybridized carbons (Fsp3) is 0.889. The molecule has 0 bridgehead atoms. The smallest absolute Gasteiger partial charge is 0.177 e. The first-order chi connectivity index (χ1) is 7.15. The summed E-state index contributed by atoms with van der Waals surface area (Å²) in [6.45, 7) is 2.65. The predicted molar refractivity (Wildman–Crippen MR) is 52.0 cm³/mol. The van der Waals surface area contributed by atoms with Crippen LogP contribution in [0.1, 0.15) is 19.2 Å². The molecule has 3 unspecified atom stereocenters. The van der Waals surface area contributed by atoms with Crippen LogP contribution in [0.25, 0.3) is 0 Å². The standard InChI is InChI=1S/C9H16N4O2/c1-6-3-7(5-15-6)8(14)4-9-10-12-13(2)11-9/h6-8,14H,3-5H2,1-2H3. The van der Waals surface area contributed by atoms with Crippen LogP contribution >= 0.6 is 0 Å². The second-order valence-corrected chi connectivity index (χ2v) is 4.11. The number of nitrogens with zero attached hydrogens (tertiary/aromatic N) is 4. The summed E-state index contributed by atoms with van der Waals surface area (Å²) in [5, 5.41) is 21.5. The fourth-order valence-corrected chi connectivity index (χ4v) is 1.88. The summed E-state index contributed by atoms with van der Waals surface area (Å²) in [6.07, 6.45) is 1.18. The zero-order valence-corrected chi connectivity index (χ0v) is 9.00. The molecule has 1 aromatic heterocycles. The van der Waals surface area contributed by atoms with Gasteiger partial charge in [0.05, 0.1) is 25.9 Å². The van der Waals surface area contributed by atoms with E-state index in [1.165, 1.54) is 4.80 Å². The zero-order chi connectivity index (χ0) is 10.8. The highest BCUT2D eigenvalue weighted by Crippen LogP contribution is 2.23. The molecule has 6 heteroatoms. The lowest BCUT2D eigenvalue weighted by atomic mass is 9.97. The van der Waals surface area contributed by atoms with E-state index < -0.39 is 6.10 Å². The minimum absolute atomic E-state index is 0.198. The molecular weight excluding hydrogens is 196 g/mol. The molecule has 1 aliphatic rings. The van der Waals surface area contributed by atoms with Crippen molar-refractivity contribution in [3.63, 3.8) is 0 Å². The molecule has 6 nitrogen and oxygen atoms in total. The maximum atomic E-state index is 9.93. The van der Waals surface area contributed by atoms with Gasteiger partial charge in [0, 0.05) is 12.3 Å². The summed E-state index contributed by atoms with van der Waals surface area (Å²) in [5.74, 6) is 0.786. The third-order valence-corrected chi connectivity index (χ3v) is 2.72. The third-order valence-electron chi connectivity index (χ3n) is 2.72. The van der Waals surface area contributed by atoms with Crippen molar-refractivity contribution in [1.82, 2.24) is 20.2 Å². The van der Waals surface area contributed by atoms with Crippen LogP contribution in [-0.2, 0) is 18.2 Å². The van der Waals surface area contributed by atoms with E-state index in [1.54, 1.807) is 7.05 Å². The molecule has 0 aliphatic carbocycles. The molecule has 0 spiro atoms. The number of hydrogen-bond acceptors (Lipinski definition) is 5. The molecule has 3 atom stereocenters. The Bertz CT molecular complexity index is 328. The van der Waals surface area contributed by atoms with E-state index in [2.05, 4.69) is 15.4 Å². The normalized spacial score (nSPS) is 28.2. The Morgan fingerprint density at radius 2 is 2.47 bits per heavy atom. The first-order valence-corrected chi connectivity index (χ1v) is 5.17. The van der Waals surface area contributed by atoms with Crippen molar-refractivity contribution in [2.75, 3.05) is 6.61 Å². The predicted octanol–water partition coefficient (Wildman–Crippen LogP) is -0.462. The van der Waals surface area contributed by atoms with Gasteiger partial charge in [0.1, 0.15) is 0 Å². The van der Waals surface area contributed by atoms with Crippen molar-refractivity contribution in [3.8, 4) is 0 Å². The van der Waals surface area contributed by atoms with E-state index in [1.807, 2.05) is 6.92 Å². The van der Waals surface area contributed by atoms with Gasteiger partial charge in [-0.25, -0.2) is 0 Å². The lowest BCUT2D eigenvalue weighted by molar-refractivity contribution is 0.0796. The molecule has 15 heavy (non-hydrogen) atoms. The van der Waals surface area contributed by atoms with Gasteiger partial charge in [0.25, 0.3) is 0 Å². The van der Waals surface area contributed by atoms with Crippen molar-refractivity contribution in [3.05, 3.63) is 5.82 Å². The van der Waals surface area contributed by atoms with Gasteiger partial charge in [-0.15, -0.1) is 10.2 Å². The van der Waals surface area contributed by atoms with Gasteiger partial charge in [-0.3, -0.25) is 0 Å². The summed E-state index contributed by atoms with van der Waals surface area (Å²) in [4.78, 5) is 1.40. The van der Waals surface area contributed by atoms with Crippen molar-refractivity contribution in [2.24, 2.45) is 13.0 Å². The molecule has 0 aromatic carbocycles. The molecule has 0 amide bonds. The first-order valence-electron chi connectivity index (χ1n) is 5.17. The lowest BCUT2D eigenvalue weighted by Gasteiger charge is -2.13. The molecule has 2 rings (SSSR count). The number of aryl methyl sites for hydroxylation is 1. The van der Waals surface area contributed by atoms with Gasteiger partial charge in [-0.05, 0) is 18.6 Å². The third kappa shape index (κ3) is 2.51. The molecule has 0 radical (unpaired) electrons. The van der Waals surface area contributed by atoms with Crippen molar-refractivity contribution in [2.45, 2.75) is 32.0 Å². The van der Waals surface area contributed by atoms with E-state index in [-0.39, 0.29) is 12.0 Å². The Morgan fingerprint density at radius 1 is 1.67 bits per heavy atom. The van der Waals surface area contributed by atoms with Crippen LogP contribution in [0.3, 0.4) is 0 Å². The van der Waals surface area contributed by atoms with Crippen molar-refractivity contribution >= 4 is 0 Å². The number of hydrogen-bond donors (Lipinski definition) is 1. The molecule has 1 saturated heterocycles. The van der Waals surface area contributed by atoms with Gasteiger partial charge in [0.2, 0.25) is 0 Å². The van der Waals surface area contributed by atoms with E-state index in [9.17, 15) is 5.11 Å². The van der Waals surface area contributed by atoms with Crippen LogP contribution in [0.15, 0.2) is 0 Å². The fourth-order valence-electron chi connectivity index (χ4n) is 1.88. The maximum absolute atomic E-state index is 9.93. The van der Waals surface area contributed by atoms with Crippen LogP contribution < -0.4 is 0 Å². The molecule has 1 aromatic rings. The SMILES string of the molecule is CC1CC(C(O)Cc2nnn(C)n2)CO1. The zero-order valence-electron chi connectivity index (χ0n) is 9.00. The number of aromatic nitrogens is 4. The average Bonchev–Trinajstić information content (AvgIpc) is 2.75. The molecular formula is C9H16N4O2. The number of rotatable bonds is 3. The van der Waals surface area contributed by atoms with Gasteiger partial charge < -0.3 is 9.84 Å². The number of aliphatic hydroxyl groups excluding tert-OH is 1. The van der Waals surface area contributed by atoms with Crippen LogP contribution in [0.4, 0.5) is 0 Å². The van der Waals surface area contributed by atoms with Gasteiger partial charge in [0.15, 0.2) is 5.82 Å². The van der Waals surface area contributed by atoms with E-state index in [4.69, 9.17) is 4.74 Å². The number of tetrazole rings is 1. The highest BCUT2D eigenvalue weighted by molar-refractivity contribution is 4.86. The first kappa shape index (κ1) is 10.5. The topological polar surface area (TPSA) is 73.1 Å². The summed E-state index contributed by atoms with van der Waals surface area (Å²) in [7, 11) is 1.71. The van der Waals surface area contributed by atoms with E-state index >= 15 is 0 Å². The molecule has 2 heterocycles. The summed E-state index contributed by atoms with van der Waals surface area (Å²) < 4.78 is 5.41.